The van der Waals surface area contributed by atoms with Crippen molar-refractivity contribution in [3.8, 4) is 11.5 Å². The average molecular weight is 300 g/mol. The molecule has 0 radical (unpaired) electrons. The highest BCUT2D eigenvalue weighted by Gasteiger charge is 2.33. The molecular formula is C13H20N2O4S. The molecule has 1 fully saturated rings. The third kappa shape index (κ3) is 2.74. The Balaban J connectivity index is 2.43. The number of nitrogens with one attached hydrogen (secondary N) is 1. The minimum atomic E-state index is -3.57. The van der Waals surface area contributed by atoms with Gasteiger partial charge in [-0.3, -0.25) is 0 Å². The lowest BCUT2D eigenvalue weighted by atomic mass is 10.3. The van der Waals surface area contributed by atoms with Crippen molar-refractivity contribution in [2.24, 2.45) is 0 Å². The maximum Gasteiger partial charge on any atom is 0.247 e. The first kappa shape index (κ1) is 15.1. The van der Waals surface area contributed by atoms with Crippen molar-refractivity contribution >= 4 is 10.0 Å². The lowest BCUT2D eigenvalue weighted by Gasteiger charge is -2.33. The SMILES string of the molecule is COc1ccc(S(=O)(=O)N2CCNC[C@@H]2C)c(OC)c1. The Bertz CT molecular complexity index is 574. The van der Waals surface area contributed by atoms with Crippen molar-refractivity contribution in [1.82, 2.24) is 9.62 Å². The molecule has 1 saturated heterocycles. The van der Waals surface area contributed by atoms with E-state index in [1.807, 2.05) is 6.92 Å². The molecule has 0 saturated carbocycles. The molecule has 0 unspecified atom stereocenters. The first-order valence-electron chi connectivity index (χ1n) is 6.45. The van der Waals surface area contributed by atoms with Gasteiger partial charge in [-0.15, -0.1) is 0 Å². The maximum atomic E-state index is 12.8. The van der Waals surface area contributed by atoms with Crippen LogP contribution in [0, 0.1) is 0 Å². The number of piperazine rings is 1. The van der Waals surface area contributed by atoms with Crippen molar-refractivity contribution < 1.29 is 17.9 Å². The van der Waals surface area contributed by atoms with Crippen molar-refractivity contribution in [2.45, 2.75) is 17.9 Å². The predicted molar refractivity (Wildman–Crippen MR) is 75.8 cm³/mol. The van der Waals surface area contributed by atoms with Crippen molar-refractivity contribution in [3.63, 3.8) is 0 Å². The van der Waals surface area contributed by atoms with Crippen LogP contribution in [0.2, 0.25) is 0 Å². The van der Waals surface area contributed by atoms with E-state index in [2.05, 4.69) is 5.32 Å². The van der Waals surface area contributed by atoms with Crippen LogP contribution in [0.1, 0.15) is 6.92 Å². The van der Waals surface area contributed by atoms with Gasteiger partial charge in [0.1, 0.15) is 16.4 Å². The van der Waals surface area contributed by atoms with Gasteiger partial charge in [-0.05, 0) is 19.1 Å². The second-order valence-corrected chi connectivity index (χ2v) is 6.54. The van der Waals surface area contributed by atoms with Crippen LogP contribution in [-0.4, -0.2) is 52.6 Å². The number of rotatable bonds is 4. The Morgan fingerprint density at radius 1 is 1.30 bits per heavy atom. The molecule has 1 aromatic carbocycles. The van der Waals surface area contributed by atoms with E-state index in [0.29, 0.717) is 31.1 Å². The summed E-state index contributed by atoms with van der Waals surface area (Å²) < 4.78 is 37.3. The molecule has 0 aliphatic carbocycles. The van der Waals surface area contributed by atoms with E-state index in [4.69, 9.17) is 9.47 Å². The molecule has 112 valence electrons. The summed E-state index contributed by atoms with van der Waals surface area (Å²) in [6.45, 7) is 3.65. The zero-order valence-corrected chi connectivity index (χ0v) is 12.7. The number of sulfonamides is 1. The highest BCUT2D eigenvalue weighted by molar-refractivity contribution is 7.89. The standard InChI is InChI=1S/C13H20N2O4S/c1-10-9-14-6-7-15(10)20(16,17)13-5-4-11(18-2)8-12(13)19-3/h4-5,8,10,14H,6-7,9H2,1-3H3/t10-/m0/s1. The molecule has 1 aliphatic heterocycles. The summed E-state index contributed by atoms with van der Waals surface area (Å²) in [7, 11) is -0.584. The molecule has 0 aromatic heterocycles. The van der Waals surface area contributed by atoms with Crippen LogP contribution in [-0.2, 0) is 10.0 Å². The minimum Gasteiger partial charge on any atom is -0.497 e. The first-order valence-corrected chi connectivity index (χ1v) is 7.89. The highest BCUT2D eigenvalue weighted by atomic mass is 32.2. The van der Waals surface area contributed by atoms with Crippen LogP contribution in [0.4, 0.5) is 0 Å². The minimum absolute atomic E-state index is 0.0828. The van der Waals surface area contributed by atoms with Crippen LogP contribution in [0.15, 0.2) is 23.1 Å². The van der Waals surface area contributed by atoms with E-state index >= 15 is 0 Å². The summed E-state index contributed by atoms with van der Waals surface area (Å²) >= 11 is 0. The summed E-state index contributed by atoms with van der Waals surface area (Å²) in [5.74, 6) is 0.865. The van der Waals surface area contributed by atoms with Crippen molar-refractivity contribution in [3.05, 3.63) is 18.2 Å². The van der Waals surface area contributed by atoms with E-state index in [0.717, 1.165) is 0 Å². The monoisotopic (exact) mass is 300 g/mol. The quantitative estimate of drug-likeness (QED) is 0.886. The van der Waals surface area contributed by atoms with Gasteiger partial charge >= 0.3 is 0 Å². The third-order valence-electron chi connectivity index (χ3n) is 3.40. The molecular weight excluding hydrogens is 280 g/mol. The number of benzene rings is 1. The number of nitrogens with zero attached hydrogens (tertiary/aromatic N) is 1. The molecule has 0 spiro atoms. The van der Waals surface area contributed by atoms with Gasteiger partial charge in [0.25, 0.3) is 0 Å². The smallest absolute Gasteiger partial charge is 0.247 e. The fourth-order valence-corrected chi connectivity index (χ4v) is 4.06. The summed E-state index contributed by atoms with van der Waals surface area (Å²) in [5.41, 5.74) is 0. The zero-order chi connectivity index (χ0) is 14.8. The van der Waals surface area contributed by atoms with Gasteiger partial charge in [0, 0.05) is 31.7 Å². The van der Waals surface area contributed by atoms with Crippen molar-refractivity contribution in [2.75, 3.05) is 33.9 Å². The van der Waals surface area contributed by atoms with Gasteiger partial charge in [-0.2, -0.15) is 4.31 Å². The first-order chi connectivity index (χ1) is 9.50. The lowest BCUT2D eigenvalue weighted by Crippen LogP contribution is -2.52. The zero-order valence-electron chi connectivity index (χ0n) is 11.9. The van der Waals surface area contributed by atoms with Gasteiger partial charge in [0.2, 0.25) is 10.0 Å². The molecule has 1 heterocycles. The summed E-state index contributed by atoms with van der Waals surface area (Å²) in [6, 6.07) is 4.66. The molecule has 6 nitrogen and oxygen atoms in total. The third-order valence-corrected chi connectivity index (χ3v) is 5.45. The van der Waals surface area contributed by atoms with Crippen LogP contribution in [0.5, 0.6) is 11.5 Å². The molecule has 2 rings (SSSR count). The van der Waals surface area contributed by atoms with Gasteiger partial charge in [-0.1, -0.05) is 0 Å². The fraction of sp³-hybridized carbons (Fsp3) is 0.538. The number of hydrogen-bond donors (Lipinski definition) is 1. The molecule has 20 heavy (non-hydrogen) atoms. The summed E-state index contributed by atoms with van der Waals surface area (Å²) in [5, 5.41) is 3.18. The number of ether oxygens (including phenoxy) is 2. The van der Waals surface area contributed by atoms with E-state index in [1.165, 1.54) is 24.6 Å². The molecule has 1 atom stereocenters. The van der Waals surface area contributed by atoms with Gasteiger partial charge in [-0.25, -0.2) is 8.42 Å². The van der Waals surface area contributed by atoms with Gasteiger partial charge in [0.05, 0.1) is 14.2 Å². The predicted octanol–water partition coefficient (Wildman–Crippen LogP) is 0.686. The van der Waals surface area contributed by atoms with Crippen LogP contribution in [0.25, 0.3) is 0 Å². The molecule has 1 aromatic rings. The molecule has 7 heteroatoms. The average Bonchev–Trinajstić information content (AvgIpc) is 2.46. The highest BCUT2D eigenvalue weighted by Crippen LogP contribution is 2.31. The van der Waals surface area contributed by atoms with Crippen LogP contribution < -0.4 is 14.8 Å². The fourth-order valence-electron chi connectivity index (χ4n) is 2.29. The van der Waals surface area contributed by atoms with Gasteiger partial charge in [0.15, 0.2) is 0 Å². The lowest BCUT2D eigenvalue weighted by molar-refractivity contribution is 0.282. The topological polar surface area (TPSA) is 67.9 Å². The van der Waals surface area contributed by atoms with Gasteiger partial charge < -0.3 is 14.8 Å². The van der Waals surface area contributed by atoms with E-state index in [-0.39, 0.29) is 10.9 Å². The molecule has 1 N–H and O–H groups in total. The molecule has 0 amide bonds. The second kappa shape index (κ2) is 5.99. The largest absolute Gasteiger partial charge is 0.497 e. The van der Waals surface area contributed by atoms with Crippen LogP contribution >= 0.6 is 0 Å². The number of hydrogen-bond acceptors (Lipinski definition) is 5. The van der Waals surface area contributed by atoms with Crippen molar-refractivity contribution in [1.29, 1.82) is 0 Å². The number of methoxy groups -OCH3 is 2. The Kier molecular flexibility index (Phi) is 4.52. The van der Waals surface area contributed by atoms with E-state index < -0.39 is 10.0 Å². The van der Waals surface area contributed by atoms with E-state index in [1.54, 1.807) is 12.1 Å². The maximum absolute atomic E-state index is 12.8. The van der Waals surface area contributed by atoms with E-state index in [9.17, 15) is 8.42 Å². The molecule has 1 aliphatic rings. The summed E-state index contributed by atoms with van der Waals surface area (Å²) in [6.07, 6.45) is 0. The normalized spacial score (nSPS) is 20.6. The molecule has 0 bridgehead atoms. The Morgan fingerprint density at radius 3 is 2.65 bits per heavy atom. The summed E-state index contributed by atoms with van der Waals surface area (Å²) in [4.78, 5) is 0.176. The Morgan fingerprint density at radius 2 is 2.05 bits per heavy atom. The Labute approximate surface area is 119 Å². The van der Waals surface area contributed by atoms with Crippen LogP contribution in [0.3, 0.4) is 0 Å². The Hall–Kier alpha value is -1.31. The second-order valence-electron chi connectivity index (χ2n) is 4.69.